The van der Waals surface area contributed by atoms with Gasteiger partial charge in [-0.05, 0) is 80.6 Å². The molecule has 7 atom stereocenters. The molecule has 0 aromatic heterocycles. The Kier molecular flexibility index (Phi) is 3.06. The van der Waals surface area contributed by atoms with Gasteiger partial charge in [0.05, 0.1) is 0 Å². The number of fused-ring (bicyclic) bond motifs is 6. The van der Waals surface area contributed by atoms with E-state index in [1.54, 1.807) is 6.08 Å². The minimum absolute atomic E-state index is 0.137. The molecule has 124 valence electrons. The zero-order valence-corrected chi connectivity index (χ0v) is 13.7. The Balaban J connectivity index is 1.39. The molecule has 0 aromatic rings. The molecule has 4 fully saturated rings. The lowest BCUT2D eigenvalue weighted by Crippen LogP contribution is -2.47. The van der Waals surface area contributed by atoms with Crippen LogP contribution in [0.15, 0.2) is 12.2 Å². The highest BCUT2D eigenvalue weighted by molar-refractivity contribution is 5.85. The first-order valence-electron chi connectivity index (χ1n) is 9.60. The second kappa shape index (κ2) is 4.94. The van der Waals surface area contributed by atoms with E-state index in [1.807, 2.05) is 0 Å². The first-order valence-corrected chi connectivity index (χ1v) is 9.60. The monoisotopic (exact) mass is 314 g/mol. The average molecular weight is 314 g/mol. The highest BCUT2D eigenvalue weighted by Gasteiger charge is 2.58. The maximum atomic E-state index is 11.8. The molecule has 23 heavy (non-hydrogen) atoms. The van der Waals surface area contributed by atoms with E-state index in [0.29, 0.717) is 17.6 Å². The largest absolute Gasteiger partial charge is 0.451 e. The molecule has 0 bridgehead atoms. The SMILES string of the molecule is O=C1CCC2C(CCC3C2CCC2C3CCC23C=CC(=O)O3)C1. The van der Waals surface area contributed by atoms with Gasteiger partial charge in [0.25, 0.3) is 0 Å². The van der Waals surface area contributed by atoms with Crippen LogP contribution in [0.1, 0.15) is 57.8 Å². The summed E-state index contributed by atoms with van der Waals surface area (Å²) in [5.41, 5.74) is -0.258. The summed E-state index contributed by atoms with van der Waals surface area (Å²) in [5.74, 6) is 4.77. The molecule has 0 amide bonds. The highest BCUT2D eigenvalue weighted by atomic mass is 16.6. The quantitative estimate of drug-likeness (QED) is 0.641. The van der Waals surface area contributed by atoms with Crippen LogP contribution in [0.25, 0.3) is 0 Å². The van der Waals surface area contributed by atoms with Gasteiger partial charge >= 0.3 is 5.97 Å². The van der Waals surface area contributed by atoms with E-state index < -0.39 is 0 Å². The Bertz CT molecular complexity index is 579. The maximum Gasteiger partial charge on any atom is 0.331 e. The summed E-state index contributed by atoms with van der Waals surface area (Å²) in [5, 5.41) is 0. The van der Waals surface area contributed by atoms with Crippen LogP contribution in [0.5, 0.6) is 0 Å². The summed E-state index contributed by atoms with van der Waals surface area (Å²) in [4.78, 5) is 23.4. The van der Waals surface area contributed by atoms with Gasteiger partial charge in [0, 0.05) is 24.8 Å². The zero-order chi connectivity index (χ0) is 15.6. The van der Waals surface area contributed by atoms with Gasteiger partial charge in [0.1, 0.15) is 11.4 Å². The first-order chi connectivity index (χ1) is 11.2. The predicted octanol–water partition coefficient (Wildman–Crippen LogP) is 3.67. The van der Waals surface area contributed by atoms with Crippen LogP contribution in [-0.4, -0.2) is 17.4 Å². The molecule has 0 saturated heterocycles. The number of ketones is 1. The van der Waals surface area contributed by atoms with Crippen LogP contribution in [-0.2, 0) is 14.3 Å². The lowest BCUT2D eigenvalue weighted by atomic mass is 9.53. The molecule has 7 unspecified atom stereocenters. The van der Waals surface area contributed by atoms with Crippen LogP contribution in [0.2, 0.25) is 0 Å². The fraction of sp³-hybridized carbons (Fsp3) is 0.800. The van der Waals surface area contributed by atoms with Gasteiger partial charge in [-0.15, -0.1) is 0 Å². The van der Waals surface area contributed by atoms with Crippen LogP contribution in [0.4, 0.5) is 0 Å². The molecular weight excluding hydrogens is 288 g/mol. The third-order valence-corrected chi connectivity index (χ3v) is 7.99. The van der Waals surface area contributed by atoms with Crippen molar-refractivity contribution in [2.45, 2.75) is 63.4 Å². The number of Topliss-reactive ketones (excluding diaryl/α,β-unsaturated/α-hetero) is 1. The van der Waals surface area contributed by atoms with Crippen molar-refractivity contribution in [2.24, 2.45) is 35.5 Å². The summed E-state index contributed by atoms with van der Waals surface area (Å²) in [6, 6.07) is 0. The van der Waals surface area contributed by atoms with Crippen molar-refractivity contribution in [3.63, 3.8) is 0 Å². The molecule has 3 heteroatoms. The first kappa shape index (κ1) is 14.2. The van der Waals surface area contributed by atoms with Crippen LogP contribution >= 0.6 is 0 Å². The normalized spacial score (nSPS) is 51.3. The molecule has 0 N–H and O–H groups in total. The third-order valence-electron chi connectivity index (χ3n) is 7.99. The predicted molar refractivity (Wildman–Crippen MR) is 85.5 cm³/mol. The van der Waals surface area contributed by atoms with E-state index in [9.17, 15) is 9.59 Å². The second-order valence-corrected chi connectivity index (χ2v) is 8.71. The minimum atomic E-state index is -0.258. The zero-order valence-electron chi connectivity index (χ0n) is 13.7. The lowest BCUT2D eigenvalue weighted by Gasteiger charge is -2.52. The van der Waals surface area contributed by atoms with E-state index >= 15 is 0 Å². The van der Waals surface area contributed by atoms with Crippen LogP contribution in [0.3, 0.4) is 0 Å². The molecule has 1 heterocycles. The van der Waals surface area contributed by atoms with Gasteiger partial charge in [-0.2, -0.15) is 0 Å². The number of rotatable bonds is 0. The van der Waals surface area contributed by atoms with Gasteiger partial charge in [0.15, 0.2) is 0 Å². The van der Waals surface area contributed by atoms with Gasteiger partial charge in [-0.3, -0.25) is 4.79 Å². The van der Waals surface area contributed by atoms with Crippen molar-refractivity contribution >= 4 is 11.8 Å². The summed E-state index contributed by atoms with van der Waals surface area (Å²) < 4.78 is 5.78. The van der Waals surface area contributed by atoms with Crippen molar-refractivity contribution in [1.29, 1.82) is 0 Å². The smallest absolute Gasteiger partial charge is 0.331 e. The Morgan fingerprint density at radius 2 is 1.74 bits per heavy atom. The number of hydrogen-bond donors (Lipinski definition) is 0. The van der Waals surface area contributed by atoms with Crippen molar-refractivity contribution < 1.29 is 14.3 Å². The number of hydrogen-bond acceptors (Lipinski definition) is 3. The Hall–Kier alpha value is -1.12. The van der Waals surface area contributed by atoms with Crippen molar-refractivity contribution in [3.05, 3.63) is 12.2 Å². The molecule has 4 aliphatic carbocycles. The van der Waals surface area contributed by atoms with Gasteiger partial charge in [0.2, 0.25) is 0 Å². The van der Waals surface area contributed by atoms with Crippen molar-refractivity contribution in [2.75, 3.05) is 0 Å². The minimum Gasteiger partial charge on any atom is -0.451 e. The Morgan fingerprint density at radius 1 is 0.913 bits per heavy atom. The number of ether oxygens (including phenoxy) is 1. The van der Waals surface area contributed by atoms with Crippen LogP contribution in [0, 0.1) is 35.5 Å². The molecule has 0 aromatic carbocycles. The number of esters is 1. The third kappa shape index (κ3) is 2.01. The summed E-state index contributed by atoms with van der Waals surface area (Å²) in [6.45, 7) is 0. The summed E-state index contributed by atoms with van der Waals surface area (Å²) >= 11 is 0. The maximum absolute atomic E-state index is 11.8. The molecular formula is C20H26O3. The van der Waals surface area contributed by atoms with E-state index in [-0.39, 0.29) is 11.6 Å². The molecule has 5 aliphatic rings. The number of carbonyl (C=O) groups is 2. The van der Waals surface area contributed by atoms with E-state index in [0.717, 1.165) is 49.4 Å². The van der Waals surface area contributed by atoms with Crippen LogP contribution < -0.4 is 0 Å². The summed E-state index contributed by atoms with van der Waals surface area (Å²) in [7, 11) is 0. The standard InChI is InChI=1S/C20H26O3/c21-13-2-4-14-12(11-13)1-3-16-15(14)5-6-18-17(16)7-9-20(18)10-8-19(22)23-20/h8,10,12,14-18H,1-7,9,11H2. The fourth-order valence-corrected chi connectivity index (χ4v) is 7.17. The molecule has 0 radical (unpaired) electrons. The van der Waals surface area contributed by atoms with Gasteiger partial charge in [-0.1, -0.05) is 0 Å². The molecule has 5 rings (SSSR count). The van der Waals surface area contributed by atoms with Crippen molar-refractivity contribution in [3.8, 4) is 0 Å². The van der Waals surface area contributed by atoms with E-state index in [2.05, 4.69) is 6.08 Å². The van der Waals surface area contributed by atoms with E-state index in [1.165, 1.54) is 32.1 Å². The van der Waals surface area contributed by atoms with E-state index in [4.69, 9.17) is 4.74 Å². The second-order valence-electron chi connectivity index (χ2n) is 8.71. The highest BCUT2D eigenvalue weighted by Crippen LogP contribution is 2.61. The average Bonchev–Trinajstić information content (AvgIpc) is 3.11. The molecule has 3 nitrogen and oxygen atoms in total. The lowest BCUT2D eigenvalue weighted by molar-refractivity contribution is -0.151. The van der Waals surface area contributed by atoms with Gasteiger partial charge < -0.3 is 4.74 Å². The molecule has 4 saturated carbocycles. The Morgan fingerprint density at radius 3 is 2.57 bits per heavy atom. The summed E-state index contributed by atoms with van der Waals surface area (Å²) in [6.07, 6.45) is 13.8. The molecule has 1 spiro atoms. The van der Waals surface area contributed by atoms with Crippen molar-refractivity contribution in [1.82, 2.24) is 0 Å². The Labute approximate surface area is 137 Å². The molecule has 1 aliphatic heterocycles. The fourth-order valence-electron chi connectivity index (χ4n) is 7.17. The van der Waals surface area contributed by atoms with Gasteiger partial charge in [-0.25, -0.2) is 4.79 Å². The number of carbonyl (C=O) groups excluding carboxylic acids is 2. The topological polar surface area (TPSA) is 43.4 Å².